The SMILES string of the molecule is CCc1c2c(nc3ccc(OCC(=O)N/N=C(\C)c4cccc(OCCOCCOCCOCCOCCOCCC(C)C)c4)cc13)-c1cc3c(c(=O)n1C2)COC(=O)[C@]3(O)CC. The molecule has 0 radical (unpaired) electrons. The summed E-state index contributed by atoms with van der Waals surface area (Å²) in [4.78, 5) is 44.0. The Kier molecular flexibility index (Phi) is 17.2. The van der Waals surface area contributed by atoms with Crippen molar-refractivity contribution in [2.75, 3.05) is 79.3 Å². The number of fused-ring (bicyclic) bond motifs is 5. The number of aliphatic hydroxyl groups is 1. The number of cyclic esters (lactones) is 1. The molecule has 340 valence electrons. The summed E-state index contributed by atoms with van der Waals surface area (Å²) in [5, 5.41) is 16.3. The van der Waals surface area contributed by atoms with Crippen LogP contribution in [-0.2, 0) is 63.2 Å². The van der Waals surface area contributed by atoms with Crippen LogP contribution in [0.5, 0.6) is 11.5 Å². The predicted molar refractivity (Wildman–Crippen MR) is 235 cm³/mol. The molecule has 1 atom stereocenters. The number of hydrazone groups is 1. The molecular formula is C47H60N4O12. The van der Waals surface area contributed by atoms with E-state index < -0.39 is 17.5 Å². The van der Waals surface area contributed by atoms with Gasteiger partial charge in [0.05, 0.1) is 94.2 Å². The number of pyridine rings is 2. The van der Waals surface area contributed by atoms with Gasteiger partial charge in [0, 0.05) is 28.7 Å². The van der Waals surface area contributed by atoms with Crippen LogP contribution in [0.1, 0.15) is 75.3 Å². The number of hydrogen-bond donors (Lipinski definition) is 2. The predicted octanol–water partition coefficient (Wildman–Crippen LogP) is 5.07. The van der Waals surface area contributed by atoms with E-state index in [9.17, 15) is 19.5 Å². The van der Waals surface area contributed by atoms with Gasteiger partial charge in [-0.2, -0.15) is 5.10 Å². The van der Waals surface area contributed by atoms with Crippen LogP contribution in [0.15, 0.2) is 58.4 Å². The molecule has 0 aliphatic carbocycles. The molecule has 1 amide bonds. The molecule has 4 aromatic rings. The first-order valence-corrected chi connectivity index (χ1v) is 21.7. The molecule has 0 saturated heterocycles. The number of nitrogens with zero attached hydrogens (tertiary/aromatic N) is 3. The van der Waals surface area contributed by atoms with E-state index >= 15 is 0 Å². The summed E-state index contributed by atoms with van der Waals surface area (Å²) in [5.41, 5.74) is 5.98. The Hall–Kier alpha value is -5.23. The number of aryl methyl sites for hydroxylation is 1. The molecule has 0 bridgehead atoms. The van der Waals surface area contributed by atoms with Gasteiger partial charge in [0.25, 0.3) is 11.5 Å². The van der Waals surface area contributed by atoms with Crippen LogP contribution >= 0.6 is 0 Å². The fourth-order valence-corrected chi connectivity index (χ4v) is 7.36. The van der Waals surface area contributed by atoms with E-state index in [1.54, 1.807) is 30.5 Å². The second-order valence-electron chi connectivity index (χ2n) is 15.7. The molecule has 2 aliphatic heterocycles. The molecule has 2 aromatic carbocycles. The molecule has 2 aromatic heterocycles. The van der Waals surface area contributed by atoms with Crippen LogP contribution in [0.4, 0.5) is 0 Å². The van der Waals surface area contributed by atoms with E-state index in [1.807, 2.05) is 43.3 Å². The van der Waals surface area contributed by atoms with Crippen molar-refractivity contribution in [1.29, 1.82) is 0 Å². The monoisotopic (exact) mass is 872 g/mol. The lowest BCUT2D eigenvalue weighted by Crippen LogP contribution is -2.44. The molecule has 16 nitrogen and oxygen atoms in total. The number of esters is 1. The Morgan fingerprint density at radius 1 is 0.857 bits per heavy atom. The molecular weight excluding hydrogens is 813 g/mol. The van der Waals surface area contributed by atoms with Crippen molar-refractivity contribution in [3.63, 3.8) is 0 Å². The highest BCUT2D eigenvalue weighted by Crippen LogP contribution is 2.40. The van der Waals surface area contributed by atoms with Gasteiger partial charge in [-0.15, -0.1) is 0 Å². The third-order valence-corrected chi connectivity index (χ3v) is 10.9. The van der Waals surface area contributed by atoms with Crippen molar-refractivity contribution in [3.8, 4) is 22.9 Å². The van der Waals surface area contributed by atoms with E-state index in [0.29, 0.717) is 113 Å². The second kappa shape index (κ2) is 22.9. The highest BCUT2D eigenvalue weighted by Gasteiger charge is 2.45. The normalized spacial score (nSPS) is 15.6. The summed E-state index contributed by atoms with van der Waals surface area (Å²) in [6.07, 6.45) is 1.77. The first-order chi connectivity index (χ1) is 30.5. The number of nitrogens with one attached hydrogen (secondary N) is 1. The van der Waals surface area contributed by atoms with Crippen molar-refractivity contribution < 1.29 is 52.6 Å². The fourth-order valence-electron chi connectivity index (χ4n) is 7.36. The Labute approximate surface area is 367 Å². The first kappa shape index (κ1) is 47.3. The van der Waals surface area contributed by atoms with Crippen LogP contribution in [0, 0.1) is 5.92 Å². The zero-order valence-electron chi connectivity index (χ0n) is 37.0. The summed E-state index contributed by atoms with van der Waals surface area (Å²) in [7, 11) is 0. The highest BCUT2D eigenvalue weighted by atomic mass is 16.6. The average molecular weight is 873 g/mol. The van der Waals surface area contributed by atoms with Gasteiger partial charge < -0.3 is 47.6 Å². The van der Waals surface area contributed by atoms with Crippen LogP contribution in [-0.4, -0.2) is 112 Å². The van der Waals surface area contributed by atoms with Gasteiger partial charge in [0.1, 0.15) is 24.7 Å². The van der Waals surface area contributed by atoms with Gasteiger partial charge in [0.15, 0.2) is 12.2 Å². The molecule has 6 rings (SSSR count). The number of amides is 1. The van der Waals surface area contributed by atoms with Crippen LogP contribution in [0.3, 0.4) is 0 Å². The minimum absolute atomic E-state index is 0.0670. The number of aromatic nitrogens is 2. The van der Waals surface area contributed by atoms with Gasteiger partial charge in [-0.05, 0) is 74.1 Å². The maximum atomic E-state index is 13.7. The number of rotatable bonds is 26. The largest absolute Gasteiger partial charge is 0.491 e. The minimum Gasteiger partial charge on any atom is -0.491 e. The summed E-state index contributed by atoms with van der Waals surface area (Å²) < 4.78 is 46.3. The standard InChI is InChI=1S/C47H60N4O12/c1-6-36-37-26-35(11-12-41(37)48-44-38(36)28-51-42(44)27-40-39(45(51)53)29-63-46(54)47(40,55)7-2)62-30-43(52)50-49-32(5)33-9-8-10-34(25-33)61-24-23-60-22-21-59-20-19-58-18-17-57-16-15-56-14-13-31(3)4/h8-12,25-27,31,55H,6-7,13-24,28-30H2,1-5H3,(H,50,52)/b49-32+/t47-/m0/s1. The molecule has 2 N–H and O–H groups in total. The second-order valence-corrected chi connectivity index (χ2v) is 15.7. The Bertz CT molecular complexity index is 2290. The lowest BCUT2D eigenvalue weighted by molar-refractivity contribution is -0.172. The van der Waals surface area contributed by atoms with Crippen LogP contribution in [0.25, 0.3) is 22.3 Å². The number of benzene rings is 2. The van der Waals surface area contributed by atoms with E-state index in [2.05, 4.69) is 24.4 Å². The molecule has 0 unspecified atom stereocenters. The minimum atomic E-state index is -1.90. The lowest BCUT2D eigenvalue weighted by atomic mass is 9.86. The summed E-state index contributed by atoms with van der Waals surface area (Å²) in [5.74, 6) is 0.557. The lowest BCUT2D eigenvalue weighted by Gasteiger charge is -2.31. The molecule has 2 aliphatic rings. The van der Waals surface area contributed by atoms with Crippen molar-refractivity contribution in [1.82, 2.24) is 15.0 Å². The summed E-state index contributed by atoms with van der Waals surface area (Å²) in [6.45, 7) is 15.2. The van der Waals surface area contributed by atoms with Crippen molar-refractivity contribution in [2.45, 2.75) is 72.6 Å². The number of ether oxygens (including phenoxy) is 8. The molecule has 16 heteroatoms. The third kappa shape index (κ3) is 12.1. The Balaban J connectivity index is 0.906. The van der Waals surface area contributed by atoms with Crippen molar-refractivity contribution >= 4 is 28.5 Å². The number of hydrogen-bond acceptors (Lipinski definition) is 14. The smallest absolute Gasteiger partial charge is 0.343 e. The summed E-state index contributed by atoms with van der Waals surface area (Å²) in [6, 6.07) is 14.5. The summed E-state index contributed by atoms with van der Waals surface area (Å²) >= 11 is 0. The van der Waals surface area contributed by atoms with Gasteiger partial charge in [-0.3, -0.25) is 9.59 Å². The van der Waals surface area contributed by atoms with E-state index in [1.165, 1.54) is 0 Å². The third-order valence-electron chi connectivity index (χ3n) is 10.9. The molecule has 63 heavy (non-hydrogen) atoms. The highest BCUT2D eigenvalue weighted by molar-refractivity contribution is 5.99. The molecule has 0 saturated carbocycles. The zero-order chi connectivity index (χ0) is 44.8. The van der Waals surface area contributed by atoms with Gasteiger partial charge in [-0.25, -0.2) is 15.2 Å². The van der Waals surface area contributed by atoms with Gasteiger partial charge in [0.2, 0.25) is 0 Å². The maximum absolute atomic E-state index is 13.7. The Morgan fingerprint density at radius 2 is 1.51 bits per heavy atom. The molecule has 0 spiro atoms. The van der Waals surface area contributed by atoms with Crippen molar-refractivity contribution in [2.24, 2.45) is 11.0 Å². The van der Waals surface area contributed by atoms with E-state index in [0.717, 1.165) is 35.1 Å². The van der Waals surface area contributed by atoms with Crippen LogP contribution in [0.2, 0.25) is 0 Å². The van der Waals surface area contributed by atoms with Crippen LogP contribution < -0.4 is 20.5 Å². The van der Waals surface area contributed by atoms with Gasteiger partial charge in [-0.1, -0.05) is 39.8 Å². The topological polar surface area (TPSA) is 187 Å². The van der Waals surface area contributed by atoms with Gasteiger partial charge >= 0.3 is 5.97 Å². The average Bonchev–Trinajstić information content (AvgIpc) is 3.65. The van der Waals surface area contributed by atoms with Crippen molar-refractivity contribution in [3.05, 3.63) is 86.7 Å². The number of carbonyl (C=O) groups excluding carboxylic acids is 2. The molecule has 0 fully saturated rings. The van der Waals surface area contributed by atoms with E-state index in [4.69, 9.17) is 42.9 Å². The van der Waals surface area contributed by atoms with E-state index in [-0.39, 0.29) is 42.9 Å². The number of carbonyl (C=O) groups is 2. The quantitative estimate of drug-likeness (QED) is 0.0325. The molecule has 4 heterocycles. The Morgan fingerprint density at radius 3 is 2.16 bits per heavy atom. The zero-order valence-corrected chi connectivity index (χ0v) is 37.0. The first-order valence-electron chi connectivity index (χ1n) is 21.7. The fraction of sp³-hybridized carbons (Fsp3) is 0.511. The maximum Gasteiger partial charge on any atom is 0.343 e.